The Morgan fingerprint density at radius 2 is 2.00 bits per heavy atom. The van der Waals surface area contributed by atoms with Crippen LogP contribution in [0.15, 0.2) is 58.6 Å². The van der Waals surface area contributed by atoms with Gasteiger partial charge in [0.05, 0.1) is 35.4 Å². The first-order valence-electron chi connectivity index (χ1n) is 15.3. The van der Waals surface area contributed by atoms with Crippen LogP contribution in [0.2, 0.25) is 0 Å². The Labute approximate surface area is 241 Å². The largest absolute Gasteiger partial charge is 0.390 e. The van der Waals surface area contributed by atoms with Crippen LogP contribution in [0, 0.1) is 23.2 Å². The van der Waals surface area contributed by atoms with Crippen LogP contribution in [0.5, 0.6) is 0 Å². The predicted molar refractivity (Wildman–Crippen MR) is 163 cm³/mol. The molecule has 3 saturated carbocycles. The zero-order valence-electron chi connectivity index (χ0n) is 24.5. The zero-order valence-corrected chi connectivity index (χ0v) is 24.5. The van der Waals surface area contributed by atoms with Crippen LogP contribution in [0.1, 0.15) is 57.7 Å². The first kappa shape index (κ1) is 26.7. The van der Waals surface area contributed by atoms with Crippen LogP contribution < -0.4 is 16.2 Å². The van der Waals surface area contributed by atoms with Gasteiger partial charge in [0.15, 0.2) is 5.96 Å². The van der Waals surface area contributed by atoms with E-state index in [9.17, 15) is 9.90 Å². The molecule has 8 heteroatoms. The lowest BCUT2D eigenvalue weighted by molar-refractivity contribution is -0.108. The number of guanidine groups is 1. The highest BCUT2D eigenvalue weighted by Gasteiger charge is 2.56. The summed E-state index contributed by atoms with van der Waals surface area (Å²) in [6.45, 7) is 12.2. The SMILES string of the molecule is C[C@@H]1C(N=C(Nc2ccc3c(=O)n(C4c5ccccc5C[C@@H]4O)cnc3c2)N2CCN[C@@H](C)C2)C[C@@H]2C[C@H]1C2(C)C. The number of aromatic nitrogens is 2. The molecule has 2 heterocycles. The zero-order chi connectivity index (χ0) is 28.5. The van der Waals surface area contributed by atoms with Crippen molar-refractivity contribution in [2.45, 2.75) is 71.2 Å². The third-order valence-corrected chi connectivity index (χ3v) is 10.8. The third-order valence-electron chi connectivity index (χ3n) is 10.8. The standard InChI is InChI=1S/C33H42N6O2/c1-19-17-38(12-11-34-19)32(37-27-15-22-14-26(20(27)2)33(22,3)4)36-23-9-10-25-28(16-23)35-18-39(31(25)41)30-24-8-6-5-7-21(24)13-29(30)40/h5-10,16,18-20,22,26-27,29-30,34,40H,11-15,17H2,1-4H3,(H,36,37)/t19-,20-,22-,26+,27?,29-,30?/m0/s1. The van der Waals surface area contributed by atoms with E-state index in [-0.39, 0.29) is 5.56 Å². The molecule has 1 aromatic heterocycles. The summed E-state index contributed by atoms with van der Waals surface area (Å²) in [6.07, 6.45) is 3.97. The van der Waals surface area contributed by atoms with Gasteiger partial charge in [0.25, 0.3) is 5.56 Å². The summed E-state index contributed by atoms with van der Waals surface area (Å²) in [7, 11) is 0. The van der Waals surface area contributed by atoms with E-state index in [1.807, 2.05) is 42.5 Å². The minimum Gasteiger partial charge on any atom is -0.390 e. The van der Waals surface area contributed by atoms with Crippen molar-refractivity contribution in [1.29, 1.82) is 0 Å². The van der Waals surface area contributed by atoms with E-state index in [2.05, 4.69) is 43.2 Å². The van der Waals surface area contributed by atoms with Gasteiger partial charge in [-0.15, -0.1) is 0 Å². The molecule has 4 fully saturated rings. The maximum absolute atomic E-state index is 13.6. The van der Waals surface area contributed by atoms with Gasteiger partial charge in [0, 0.05) is 37.8 Å². The Bertz CT molecular complexity index is 1560. The molecule has 3 N–H and O–H groups in total. The Balaban J connectivity index is 1.19. The summed E-state index contributed by atoms with van der Waals surface area (Å²) < 4.78 is 1.60. The van der Waals surface area contributed by atoms with E-state index in [0.717, 1.165) is 60.7 Å². The maximum atomic E-state index is 13.6. The van der Waals surface area contributed by atoms with Crippen LogP contribution in [0.4, 0.5) is 5.69 Å². The molecule has 2 aromatic carbocycles. The minimum atomic E-state index is -0.649. The molecule has 0 spiro atoms. The number of nitrogens with zero attached hydrogens (tertiary/aromatic N) is 4. The Morgan fingerprint density at radius 3 is 2.78 bits per heavy atom. The first-order valence-corrected chi connectivity index (χ1v) is 15.3. The fraction of sp³-hybridized carbons (Fsp3) is 0.545. The van der Waals surface area contributed by atoms with Gasteiger partial charge < -0.3 is 20.6 Å². The molecule has 0 amide bonds. The summed E-state index contributed by atoms with van der Waals surface area (Å²) in [5.41, 5.74) is 3.89. The topological polar surface area (TPSA) is 94.8 Å². The summed E-state index contributed by atoms with van der Waals surface area (Å²) in [4.78, 5) is 26.1. The fourth-order valence-corrected chi connectivity index (χ4v) is 8.20. The molecule has 7 atom stereocenters. The second-order valence-electron chi connectivity index (χ2n) is 13.5. The summed E-state index contributed by atoms with van der Waals surface area (Å²) >= 11 is 0. The molecule has 0 radical (unpaired) electrons. The van der Waals surface area contributed by atoms with Gasteiger partial charge >= 0.3 is 0 Å². The van der Waals surface area contributed by atoms with E-state index in [0.29, 0.717) is 40.7 Å². The fourth-order valence-electron chi connectivity index (χ4n) is 8.20. The van der Waals surface area contributed by atoms with Gasteiger partial charge in [-0.25, -0.2) is 9.98 Å². The van der Waals surface area contributed by atoms with E-state index in [1.165, 1.54) is 6.42 Å². The number of anilines is 1. The van der Waals surface area contributed by atoms with Crippen molar-refractivity contribution in [1.82, 2.24) is 19.8 Å². The smallest absolute Gasteiger partial charge is 0.261 e. The molecule has 4 aliphatic carbocycles. The third kappa shape index (κ3) is 4.47. The van der Waals surface area contributed by atoms with E-state index >= 15 is 0 Å². The number of nitrogens with one attached hydrogen (secondary N) is 2. The van der Waals surface area contributed by atoms with Gasteiger partial charge in [-0.2, -0.15) is 0 Å². The number of hydrogen-bond donors (Lipinski definition) is 3. The number of fused-ring (bicyclic) bond motifs is 4. The molecule has 5 aliphatic rings. The van der Waals surface area contributed by atoms with E-state index < -0.39 is 12.1 Å². The van der Waals surface area contributed by atoms with Crippen LogP contribution in [-0.4, -0.2) is 63.3 Å². The summed E-state index contributed by atoms with van der Waals surface area (Å²) in [5, 5.41) is 18.6. The molecule has 2 bridgehead atoms. The Kier molecular flexibility index (Phi) is 6.47. The number of piperazine rings is 1. The second-order valence-corrected chi connectivity index (χ2v) is 13.5. The van der Waals surface area contributed by atoms with Crippen molar-refractivity contribution in [3.8, 4) is 0 Å². The highest BCUT2D eigenvalue weighted by Crippen LogP contribution is 2.61. The summed E-state index contributed by atoms with van der Waals surface area (Å²) in [6, 6.07) is 14.0. The number of aliphatic imine (C=N–C) groups is 1. The quantitative estimate of drug-likeness (QED) is 0.334. The van der Waals surface area contributed by atoms with Crippen LogP contribution >= 0.6 is 0 Å². The number of benzene rings is 2. The van der Waals surface area contributed by atoms with Crippen LogP contribution in [0.25, 0.3) is 10.9 Å². The van der Waals surface area contributed by atoms with Crippen LogP contribution in [-0.2, 0) is 6.42 Å². The first-order chi connectivity index (χ1) is 19.7. The lowest BCUT2D eigenvalue weighted by atomic mass is 9.45. The molecule has 8 nitrogen and oxygen atoms in total. The number of rotatable bonds is 3. The molecule has 8 rings (SSSR count). The number of aliphatic hydroxyl groups is 1. The van der Waals surface area contributed by atoms with Gasteiger partial charge in [-0.3, -0.25) is 9.36 Å². The van der Waals surface area contributed by atoms with Crippen molar-refractivity contribution < 1.29 is 5.11 Å². The highest BCUT2D eigenvalue weighted by atomic mass is 16.3. The lowest BCUT2D eigenvalue weighted by Crippen LogP contribution is -2.57. The van der Waals surface area contributed by atoms with Crippen molar-refractivity contribution in [2.24, 2.45) is 28.2 Å². The molecule has 1 aliphatic heterocycles. The van der Waals surface area contributed by atoms with Gasteiger partial charge in [-0.1, -0.05) is 45.0 Å². The van der Waals surface area contributed by atoms with E-state index in [4.69, 9.17) is 9.98 Å². The maximum Gasteiger partial charge on any atom is 0.261 e. The normalized spacial score (nSPS) is 32.5. The van der Waals surface area contributed by atoms with Crippen molar-refractivity contribution in [2.75, 3.05) is 25.0 Å². The van der Waals surface area contributed by atoms with Gasteiger partial charge in [0.1, 0.15) is 0 Å². The second kappa shape index (κ2) is 9.95. The summed E-state index contributed by atoms with van der Waals surface area (Å²) in [5.74, 6) is 2.96. The number of hydrogen-bond acceptors (Lipinski definition) is 5. The van der Waals surface area contributed by atoms with Gasteiger partial charge in [-0.05, 0) is 72.3 Å². The van der Waals surface area contributed by atoms with Gasteiger partial charge in [0.2, 0.25) is 0 Å². The highest BCUT2D eigenvalue weighted by molar-refractivity contribution is 5.96. The van der Waals surface area contributed by atoms with E-state index in [1.54, 1.807) is 10.9 Å². The average molecular weight is 555 g/mol. The molecule has 41 heavy (non-hydrogen) atoms. The lowest BCUT2D eigenvalue weighted by Gasteiger charge is -2.61. The minimum absolute atomic E-state index is 0.134. The van der Waals surface area contributed by atoms with Crippen molar-refractivity contribution in [3.05, 3.63) is 70.3 Å². The monoisotopic (exact) mass is 554 g/mol. The molecule has 1 saturated heterocycles. The Hall–Kier alpha value is -3.23. The van der Waals surface area contributed by atoms with Crippen molar-refractivity contribution >= 4 is 22.5 Å². The average Bonchev–Trinajstić information content (AvgIpc) is 3.29. The predicted octanol–water partition coefficient (Wildman–Crippen LogP) is 4.04. The molecule has 216 valence electrons. The van der Waals surface area contributed by atoms with Crippen molar-refractivity contribution in [3.63, 3.8) is 0 Å². The number of aliphatic hydroxyl groups excluding tert-OH is 1. The molecular weight excluding hydrogens is 512 g/mol. The molecular formula is C33H42N6O2. The molecule has 3 aromatic rings. The Morgan fingerprint density at radius 1 is 1.17 bits per heavy atom. The molecule has 2 unspecified atom stereocenters. The van der Waals surface area contributed by atoms with Crippen LogP contribution in [0.3, 0.4) is 0 Å².